The molecule has 0 saturated carbocycles. The summed E-state index contributed by atoms with van der Waals surface area (Å²) in [6, 6.07) is 0. The van der Waals surface area contributed by atoms with E-state index in [9.17, 15) is 0 Å². The Morgan fingerprint density at radius 3 is 2.21 bits per heavy atom. The van der Waals surface area contributed by atoms with Crippen molar-refractivity contribution in [3.05, 3.63) is 36.3 Å². The number of allylic oxidation sites excluding steroid dienone is 3. The Balaban J connectivity index is 4.36. The Kier molecular flexibility index (Phi) is 5.06. The topological polar surface area (TPSA) is 24.1 Å². The first-order chi connectivity index (χ1) is 6.41. The average molecular weight is 194 g/mol. The molecule has 0 aliphatic heterocycles. The molecule has 0 aliphatic carbocycles. The molecule has 0 heterocycles. The van der Waals surface area contributed by atoms with E-state index in [4.69, 9.17) is 0 Å². The van der Waals surface area contributed by atoms with E-state index < -0.39 is 0 Å². The van der Waals surface area contributed by atoms with E-state index in [0.717, 1.165) is 11.4 Å². The van der Waals surface area contributed by atoms with Crippen LogP contribution >= 0.6 is 0 Å². The highest BCUT2D eigenvalue weighted by atomic mass is 14.9. The van der Waals surface area contributed by atoms with Crippen LogP contribution in [0.4, 0.5) is 0 Å². The Hall–Kier alpha value is -1.18. The SMILES string of the molecule is C=C(NC(/C=C\NC)=C/C)C(C)(C)C. The molecule has 0 rings (SSSR count). The largest absolute Gasteiger partial charge is 0.394 e. The van der Waals surface area contributed by atoms with Crippen LogP contribution < -0.4 is 10.6 Å². The number of rotatable bonds is 4. The molecule has 80 valence electrons. The van der Waals surface area contributed by atoms with E-state index in [1.807, 2.05) is 32.3 Å². The maximum atomic E-state index is 4.02. The second-order valence-electron chi connectivity index (χ2n) is 4.22. The molecule has 0 aromatic heterocycles. The molecular weight excluding hydrogens is 172 g/mol. The van der Waals surface area contributed by atoms with E-state index >= 15 is 0 Å². The third kappa shape index (κ3) is 4.75. The molecule has 0 aromatic carbocycles. The zero-order valence-corrected chi connectivity index (χ0v) is 9.94. The van der Waals surface area contributed by atoms with Crippen molar-refractivity contribution in [2.75, 3.05) is 7.05 Å². The molecule has 0 fully saturated rings. The van der Waals surface area contributed by atoms with Crippen LogP contribution in [-0.4, -0.2) is 7.05 Å². The van der Waals surface area contributed by atoms with Crippen molar-refractivity contribution in [2.45, 2.75) is 27.7 Å². The second kappa shape index (κ2) is 5.53. The lowest BCUT2D eigenvalue weighted by Gasteiger charge is -2.23. The predicted molar refractivity (Wildman–Crippen MR) is 63.7 cm³/mol. The normalized spacial score (nSPS) is 13.1. The molecule has 2 heteroatoms. The molecule has 0 amide bonds. The maximum Gasteiger partial charge on any atom is 0.0352 e. The minimum absolute atomic E-state index is 0.0851. The molecule has 0 radical (unpaired) electrons. The Morgan fingerprint density at radius 2 is 1.86 bits per heavy atom. The molecule has 0 spiro atoms. The van der Waals surface area contributed by atoms with Gasteiger partial charge in [0.05, 0.1) is 0 Å². The standard InChI is InChI=1S/C12H22N2/c1-7-11(8-9-13-6)14-10(2)12(3,4)5/h7-9,13-14H,2H2,1,3-6H3/b9-8-,11-7+. The van der Waals surface area contributed by atoms with Crippen LogP contribution in [0.25, 0.3) is 0 Å². The van der Waals surface area contributed by atoms with Gasteiger partial charge in [-0.1, -0.05) is 33.4 Å². The Morgan fingerprint density at radius 1 is 1.29 bits per heavy atom. The molecule has 0 saturated heterocycles. The van der Waals surface area contributed by atoms with Gasteiger partial charge >= 0.3 is 0 Å². The van der Waals surface area contributed by atoms with Gasteiger partial charge in [0.15, 0.2) is 0 Å². The minimum atomic E-state index is 0.0851. The summed E-state index contributed by atoms with van der Waals surface area (Å²) in [6.07, 6.45) is 5.89. The highest BCUT2D eigenvalue weighted by molar-refractivity contribution is 5.22. The number of hydrogen-bond acceptors (Lipinski definition) is 2. The highest BCUT2D eigenvalue weighted by Crippen LogP contribution is 2.21. The average Bonchev–Trinajstić information content (AvgIpc) is 2.10. The van der Waals surface area contributed by atoms with E-state index in [-0.39, 0.29) is 5.41 Å². The lowest BCUT2D eigenvalue weighted by atomic mass is 9.93. The number of hydrogen-bond donors (Lipinski definition) is 2. The van der Waals surface area contributed by atoms with Gasteiger partial charge in [-0.15, -0.1) is 0 Å². The van der Waals surface area contributed by atoms with Gasteiger partial charge in [-0.25, -0.2) is 0 Å². The zero-order chi connectivity index (χ0) is 11.2. The van der Waals surface area contributed by atoms with E-state index in [1.165, 1.54) is 0 Å². The maximum absolute atomic E-state index is 4.02. The quantitative estimate of drug-likeness (QED) is 0.672. The van der Waals surface area contributed by atoms with Crippen LogP contribution in [0, 0.1) is 5.41 Å². The molecule has 0 unspecified atom stereocenters. The summed E-state index contributed by atoms with van der Waals surface area (Å²) in [5, 5.41) is 6.23. The van der Waals surface area contributed by atoms with Crippen LogP contribution in [0.1, 0.15) is 27.7 Å². The summed E-state index contributed by atoms with van der Waals surface area (Å²) in [5.41, 5.74) is 2.16. The predicted octanol–water partition coefficient (Wildman–Crippen LogP) is 2.77. The fourth-order valence-electron chi connectivity index (χ4n) is 0.745. The summed E-state index contributed by atoms with van der Waals surface area (Å²) < 4.78 is 0. The third-order valence-electron chi connectivity index (χ3n) is 1.94. The van der Waals surface area contributed by atoms with Crippen LogP contribution in [0.15, 0.2) is 36.3 Å². The van der Waals surface area contributed by atoms with E-state index in [0.29, 0.717) is 0 Å². The van der Waals surface area contributed by atoms with Gasteiger partial charge in [-0.3, -0.25) is 0 Å². The molecule has 0 aromatic rings. The first-order valence-electron chi connectivity index (χ1n) is 4.88. The van der Waals surface area contributed by atoms with Crippen LogP contribution in [0.3, 0.4) is 0 Å². The highest BCUT2D eigenvalue weighted by Gasteiger charge is 2.14. The fraction of sp³-hybridized carbons (Fsp3) is 0.500. The van der Waals surface area contributed by atoms with Crippen LogP contribution in [0.2, 0.25) is 0 Å². The monoisotopic (exact) mass is 194 g/mol. The summed E-state index contributed by atoms with van der Waals surface area (Å²) in [7, 11) is 1.88. The summed E-state index contributed by atoms with van der Waals surface area (Å²) in [4.78, 5) is 0. The van der Waals surface area contributed by atoms with Gasteiger partial charge < -0.3 is 10.6 Å². The zero-order valence-electron chi connectivity index (χ0n) is 9.94. The molecular formula is C12H22N2. The Labute approximate surface area is 87.8 Å². The van der Waals surface area contributed by atoms with Crippen molar-refractivity contribution < 1.29 is 0 Å². The second-order valence-corrected chi connectivity index (χ2v) is 4.22. The Bertz CT molecular complexity index is 242. The van der Waals surface area contributed by atoms with Crippen molar-refractivity contribution in [3.63, 3.8) is 0 Å². The van der Waals surface area contributed by atoms with Gasteiger partial charge in [0, 0.05) is 23.9 Å². The lowest BCUT2D eigenvalue weighted by molar-refractivity contribution is 0.478. The summed E-state index contributed by atoms with van der Waals surface area (Å²) in [6.45, 7) is 12.4. The molecule has 0 atom stereocenters. The third-order valence-corrected chi connectivity index (χ3v) is 1.94. The first kappa shape index (κ1) is 12.8. The van der Waals surface area contributed by atoms with E-state index in [1.54, 1.807) is 0 Å². The van der Waals surface area contributed by atoms with Gasteiger partial charge in [-0.2, -0.15) is 0 Å². The van der Waals surface area contributed by atoms with E-state index in [2.05, 4.69) is 38.0 Å². The smallest absolute Gasteiger partial charge is 0.0352 e. The lowest BCUT2D eigenvalue weighted by Crippen LogP contribution is -2.22. The van der Waals surface area contributed by atoms with Crippen molar-refractivity contribution in [2.24, 2.45) is 5.41 Å². The fourth-order valence-corrected chi connectivity index (χ4v) is 0.745. The molecule has 0 bridgehead atoms. The molecule has 2 nitrogen and oxygen atoms in total. The summed E-state index contributed by atoms with van der Waals surface area (Å²) in [5.74, 6) is 0. The molecule has 0 aliphatic rings. The van der Waals surface area contributed by atoms with Gasteiger partial charge in [0.1, 0.15) is 0 Å². The van der Waals surface area contributed by atoms with Crippen LogP contribution in [-0.2, 0) is 0 Å². The first-order valence-corrected chi connectivity index (χ1v) is 4.88. The van der Waals surface area contributed by atoms with Crippen molar-refractivity contribution >= 4 is 0 Å². The van der Waals surface area contributed by atoms with Crippen LogP contribution in [0.5, 0.6) is 0 Å². The minimum Gasteiger partial charge on any atom is -0.394 e. The molecule has 14 heavy (non-hydrogen) atoms. The number of nitrogens with one attached hydrogen (secondary N) is 2. The van der Waals surface area contributed by atoms with Gasteiger partial charge in [0.2, 0.25) is 0 Å². The molecule has 2 N–H and O–H groups in total. The summed E-state index contributed by atoms with van der Waals surface area (Å²) >= 11 is 0. The van der Waals surface area contributed by atoms with Crippen molar-refractivity contribution in [1.29, 1.82) is 0 Å². The van der Waals surface area contributed by atoms with Crippen molar-refractivity contribution in [3.8, 4) is 0 Å². The van der Waals surface area contributed by atoms with Gasteiger partial charge in [-0.05, 0) is 19.2 Å². The van der Waals surface area contributed by atoms with Crippen molar-refractivity contribution in [1.82, 2.24) is 10.6 Å². The van der Waals surface area contributed by atoms with Gasteiger partial charge in [0.25, 0.3) is 0 Å².